The Bertz CT molecular complexity index is 382. The van der Waals surface area contributed by atoms with Gasteiger partial charge in [-0.1, -0.05) is 6.07 Å². The predicted octanol–water partition coefficient (Wildman–Crippen LogP) is 1.28. The summed E-state index contributed by atoms with van der Waals surface area (Å²) in [6, 6.07) is 6.38. The van der Waals surface area contributed by atoms with Crippen molar-refractivity contribution in [3.63, 3.8) is 0 Å². The molecule has 0 radical (unpaired) electrons. The minimum absolute atomic E-state index is 0.365. The van der Waals surface area contributed by atoms with Gasteiger partial charge in [-0.05, 0) is 13.1 Å². The van der Waals surface area contributed by atoms with Gasteiger partial charge in [-0.15, -0.1) is 0 Å². The maximum atomic E-state index is 5.45. The van der Waals surface area contributed by atoms with Crippen molar-refractivity contribution >= 4 is 0 Å². The monoisotopic (exact) mass is 236 g/mol. The molecule has 0 spiro atoms. The maximum Gasteiger partial charge on any atom is 0.127 e. The second kappa shape index (κ2) is 5.38. The van der Waals surface area contributed by atoms with Crippen molar-refractivity contribution in [2.45, 2.75) is 6.04 Å². The van der Waals surface area contributed by atoms with Crippen molar-refractivity contribution in [1.82, 2.24) is 10.2 Å². The third-order valence-corrected chi connectivity index (χ3v) is 3.31. The van der Waals surface area contributed by atoms with Crippen LogP contribution in [0.15, 0.2) is 18.2 Å². The van der Waals surface area contributed by atoms with Crippen LogP contribution in [0.5, 0.6) is 11.5 Å². The first-order valence-corrected chi connectivity index (χ1v) is 5.89. The van der Waals surface area contributed by atoms with E-state index < -0.39 is 0 Å². The first-order chi connectivity index (χ1) is 8.26. The van der Waals surface area contributed by atoms with Crippen LogP contribution in [0.25, 0.3) is 0 Å². The van der Waals surface area contributed by atoms with E-state index in [0.29, 0.717) is 6.04 Å². The van der Waals surface area contributed by atoms with Gasteiger partial charge in [0.1, 0.15) is 11.5 Å². The van der Waals surface area contributed by atoms with E-state index in [1.807, 2.05) is 12.1 Å². The molecule has 4 heteroatoms. The molecule has 1 aliphatic rings. The van der Waals surface area contributed by atoms with Crippen LogP contribution in [0, 0.1) is 0 Å². The Morgan fingerprint density at radius 2 is 2.12 bits per heavy atom. The highest BCUT2D eigenvalue weighted by atomic mass is 16.5. The summed E-state index contributed by atoms with van der Waals surface area (Å²) in [5.41, 5.74) is 1.21. The normalized spacial score (nSPS) is 21.2. The number of methoxy groups -OCH3 is 2. The lowest BCUT2D eigenvalue weighted by molar-refractivity contribution is 0.198. The average molecular weight is 236 g/mol. The summed E-state index contributed by atoms with van der Waals surface area (Å²) >= 11 is 0. The summed E-state index contributed by atoms with van der Waals surface area (Å²) in [5, 5.41) is 3.42. The maximum absolute atomic E-state index is 5.45. The lowest BCUT2D eigenvalue weighted by Crippen LogP contribution is -2.43. The molecule has 1 saturated heterocycles. The van der Waals surface area contributed by atoms with Crippen LogP contribution in [0.4, 0.5) is 0 Å². The van der Waals surface area contributed by atoms with Crippen molar-refractivity contribution in [3.8, 4) is 11.5 Å². The van der Waals surface area contributed by atoms with E-state index in [0.717, 1.165) is 31.1 Å². The largest absolute Gasteiger partial charge is 0.497 e. The van der Waals surface area contributed by atoms with Crippen LogP contribution in [0.1, 0.15) is 11.6 Å². The van der Waals surface area contributed by atoms with E-state index in [2.05, 4.69) is 23.3 Å². The highest BCUT2D eigenvalue weighted by Gasteiger charge is 2.23. The summed E-state index contributed by atoms with van der Waals surface area (Å²) in [6.45, 7) is 3.06. The number of hydrogen-bond donors (Lipinski definition) is 1. The molecule has 1 N–H and O–H groups in total. The fourth-order valence-corrected chi connectivity index (χ4v) is 2.25. The molecule has 4 nitrogen and oxygen atoms in total. The van der Waals surface area contributed by atoms with E-state index in [-0.39, 0.29) is 0 Å². The molecule has 1 unspecified atom stereocenters. The Morgan fingerprint density at radius 1 is 1.29 bits per heavy atom. The zero-order valence-corrected chi connectivity index (χ0v) is 10.7. The summed E-state index contributed by atoms with van der Waals surface area (Å²) in [5.74, 6) is 1.72. The molecule has 2 rings (SSSR count). The Morgan fingerprint density at radius 3 is 2.76 bits per heavy atom. The van der Waals surface area contributed by atoms with Gasteiger partial charge in [0.25, 0.3) is 0 Å². The number of hydrogen-bond acceptors (Lipinski definition) is 4. The molecule has 94 valence electrons. The number of rotatable bonds is 3. The Labute approximate surface area is 103 Å². The second-order valence-electron chi connectivity index (χ2n) is 4.31. The fraction of sp³-hybridized carbons (Fsp3) is 0.538. The molecule has 0 amide bonds. The molecule has 1 fully saturated rings. The van der Waals surface area contributed by atoms with Gasteiger partial charge in [0, 0.05) is 31.3 Å². The van der Waals surface area contributed by atoms with Crippen molar-refractivity contribution in [1.29, 1.82) is 0 Å². The lowest BCUT2D eigenvalue weighted by Gasteiger charge is -2.34. The number of nitrogens with zero attached hydrogens (tertiary/aromatic N) is 1. The van der Waals surface area contributed by atoms with Crippen LogP contribution < -0.4 is 14.8 Å². The van der Waals surface area contributed by atoms with Gasteiger partial charge >= 0.3 is 0 Å². The first kappa shape index (κ1) is 12.2. The van der Waals surface area contributed by atoms with Crippen LogP contribution in [-0.4, -0.2) is 45.8 Å². The van der Waals surface area contributed by atoms with Crippen molar-refractivity contribution < 1.29 is 9.47 Å². The number of benzene rings is 1. The van der Waals surface area contributed by atoms with Crippen LogP contribution in [0.2, 0.25) is 0 Å². The van der Waals surface area contributed by atoms with Gasteiger partial charge in [-0.3, -0.25) is 4.90 Å². The standard InChI is InChI=1S/C13H20N2O2/c1-15-7-6-14-9-12(15)11-5-4-10(16-2)8-13(11)17-3/h4-5,8,12,14H,6-7,9H2,1-3H3. The fourth-order valence-electron chi connectivity index (χ4n) is 2.25. The second-order valence-corrected chi connectivity index (χ2v) is 4.31. The number of piperazine rings is 1. The number of likely N-dealkylation sites (N-methyl/N-ethyl adjacent to an activating group) is 1. The van der Waals surface area contributed by atoms with Gasteiger partial charge < -0.3 is 14.8 Å². The third kappa shape index (κ3) is 2.53. The summed E-state index contributed by atoms with van der Waals surface area (Å²) in [4.78, 5) is 2.35. The first-order valence-electron chi connectivity index (χ1n) is 5.89. The van der Waals surface area contributed by atoms with Gasteiger partial charge in [0.05, 0.1) is 20.3 Å². The van der Waals surface area contributed by atoms with Gasteiger partial charge in [0.2, 0.25) is 0 Å². The predicted molar refractivity (Wildman–Crippen MR) is 67.8 cm³/mol. The Hall–Kier alpha value is -1.26. The van der Waals surface area contributed by atoms with Gasteiger partial charge in [0.15, 0.2) is 0 Å². The molecule has 17 heavy (non-hydrogen) atoms. The molecule has 0 aromatic heterocycles. The third-order valence-electron chi connectivity index (χ3n) is 3.31. The summed E-state index contributed by atoms with van der Waals surface area (Å²) < 4.78 is 10.7. The van der Waals surface area contributed by atoms with E-state index in [1.165, 1.54) is 5.56 Å². The zero-order valence-electron chi connectivity index (χ0n) is 10.7. The van der Waals surface area contributed by atoms with Crippen LogP contribution in [-0.2, 0) is 0 Å². The van der Waals surface area contributed by atoms with Crippen molar-refractivity contribution in [2.75, 3.05) is 40.9 Å². The molecule has 1 aromatic rings. The summed E-state index contributed by atoms with van der Waals surface area (Å²) in [6.07, 6.45) is 0. The van der Waals surface area contributed by atoms with Crippen molar-refractivity contribution in [3.05, 3.63) is 23.8 Å². The van der Waals surface area contributed by atoms with E-state index >= 15 is 0 Å². The molecule has 1 aromatic carbocycles. The van der Waals surface area contributed by atoms with E-state index in [9.17, 15) is 0 Å². The number of ether oxygens (including phenoxy) is 2. The van der Waals surface area contributed by atoms with Crippen LogP contribution >= 0.6 is 0 Å². The molecular formula is C13H20N2O2. The number of nitrogens with one attached hydrogen (secondary N) is 1. The van der Waals surface area contributed by atoms with Crippen LogP contribution in [0.3, 0.4) is 0 Å². The Kier molecular flexibility index (Phi) is 3.86. The molecule has 1 atom stereocenters. The summed E-state index contributed by atoms with van der Waals surface area (Å²) in [7, 11) is 5.52. The smallest absolute Gasteiger partial charge is 0.127 e. The minimum Gasteiger partial charge on any atom is -0.497 e. The van der Waals surface area contributed by atoms with E-state index in [4.69, 9.17) is 9.47 Å². The minimum atomic E-state index is 0.365. The van der Waals surface area contributed by atoms with Gasteiger partial charge in [-0.2, -0.15) is 0 Å². The molecule has 1 heterocycles. The highest BCUT2D eigenvalue weighted by Crippen LogP contribution is 2.32. The molecular weight excluding hydrogens is 216 g/mol. The molecule has 1 aliphatic heterocycles. The van der Waals surface area contributed by atoms with Gasteiger partial charge in [-0.25, -0.2) is 0 Å². The van der Waals surface area contributed by atoms with Crippen molar-refractivity contribution in [2.24, 2.45) is 0 Å². The molecule has 0 bridgehead atoms. The molecule has 0 saturated carbocycles. The SMILES string of the molecule is COc1ccc(C2CNCCN2C)c(OC)c1. The lowest BCUT2D eigenvalue weighted by atomic mass is 10.0. The topological polar surface area (TPSA) is 33.7 Å². The highest BCUT2D eigenvalue weighted by molar-refractivity contribution is 5.42. The quantitative estimate of drug-likeness (QED) is 0.857. The average Bonchev–Trinajstić information content (AvgIpc) is 2.38. The van der Waals surface area contributed by atoms with E-state index in [1.54, 1.807) is 14.2 Å². The zero-order chi connectivity index (χ0) is 12.3. The Balaban J connectivity index is 2.30. The molecule has 0 aliphatic carbocycles.